The number of phenolic OH excluding ortho intramolecular Hbond substituents is 1. The van der Waals surface area contributed by atoms with Crippen molar-refractivity contribution >= 4 is 23.1 Å². The Morgan fingerprint density at radius 3 is 2.10 bits per heavy atom. The van der Waals surface area contributed by atoms with Crippen molar-refractivity contribution < 1.29 is 5.11 Å². The van der Waals surface area contributed by atoms with Gasteiger partial charge in [0.1, 0.15) is 11.8 Å². The van der Waals surface area contributed by atoms with Gasteiger partial charge in [-0.05, 0) is 43.7 Å². The zero-order valence-electron chi connectivity index (χ0n) is 19.1. The fourth-order valence-electron chi connectivity index (χ4n) is 2.59. The molecule has 0 radical (unpaired) electrons. The average molecular weight is 443 g/mol. The van der Waals surface area contributed by atoms with Gasteiger partial charge in [0.05, 0.1) is 17.1 Å². The number of allylic oxidation sites excluding steroid dienone is 1. The Hall–Kier alpha value is -2.97. The van der Waals surface area contributed by atoms with Gasteiger partial charge in [0.2, 0.25) is 0 Å². The van der Waals surface area contributed by atoms with Gasteiger partial charge in [-0.25, -0.2) is 0 Å². The number of anilines is 1. The molecule has 0 amide bonds. The molecular weight excluding hydrogens is 408 g/mol. The average Bonchev–Trinajstić information content (AvgIpc) is 2.81. The van der Waals surface area contributed by atoms with Crippen LogP contribution in [0.5, 0.6) is 5.75 Å². The van der Waals surface area contributed by atoms with Gasteiger partial charge in [-0.15, -0.1) is 6.58 Å². The highest BCUT2D eigenvalue weighted by atomic mass is 35.5. The van der Waals surface area contributed by atoms with E-state index < -0.39 is 0 Å². The van der Waals surface area contributed by atoms with Gasteiger partial charge in [-0.3, -0.25) is 5.41 Å². The van der Waals surface area contributed by atoms with Crippen molar-refractivity contribution in [3.63, 3.8) is 0 Å². The molecular formula is C25H35ClN4O. The van der Waals surface area contributed by atoms with E-state index in [0.29, 0.717) is 11.4 Å². The topological polar surface area (TPSA) is 74.3 Å². The van der Waals surface area contributed by atoms with E-state index in [4.69, 9.17) is 22.3 Å². The van der Waals surface area contributed by atoms with Gasteiger partial charge in [-0.2, -0.15) is 5.26 Å². The molecule has 1 aliphatic heterocycles. The van der Waals surface area contributed by atoms with E-state index in [-0.39, 0.29) is 5.75 Å². The Bertz CT molecular complexity index is 810. The zero-order valence-corrected chi connectivity index (χ0v) is 19.9. The first-order chi connectivity index (χ1) is 14.9. The summed E-state index contributed by atoms with van der Waals surface area (Å²) in [5.41, 5.74) is 1.35. The molecule has 1 heterocycles. The second-order valence-corrected chi connectivity index (χ2v) is 6.80. The van der Waals surface area contributed by atoms with Crippen LogP contribution < -0.4 is 4.90 Å². The summed E-state index contributed by atoms with van der Waals surface area (Å²) in [6, 6.07) is 16.4. The van der Waals surface area contributed by atoms with Crippen LogP contribution in [0.1, 0.15) is 39.7 Å². The molecule has 2 aromatic rings. The summed E-state index contributed by atoms with van der Waals surface area (Å²) >= 11 is 5.54. The van der Waals surface area contributed by atoms with Crippen LogP contribution in [-0.2, 0) is 0 Å². The molecule has 1 aliphatic rings. The lowest BCUT2D eigenvalue weighted by Crippen LogP contribution is -2.48. The Kier molecular flexibility index (Phi) is 15.2. The Balaban J connectivity index is 0.000000570. The van der Waals surface area contributed by atoms with Gasteiger partial charge in [0.25, 0.3) is 0 Å². The van der Waals surface area contributed by atoms with Crippen LogP contribution in [0.25, 0.3) is 0 Å². The molecule has 1 fully saturated rings. The second-order valence-electron chi connectivity index (χ2n) is 6.37. The molecule has 2 aromatic carbocycles. The standard InChI is InChI=1S/C13H16N4O.C6H5Cl.C4H8.C2H6/c1-10(15)16-4-6-17(7-5-16)13-3-2-12(18)8-11(13)9-14;7-6-4-2-1-3-5-6;1-3-4-2;1-2/h2-3,8,15,18H,4-7H2,1H3;1-5H;3H,1,4H2,2H3;1-2H3. The molecule has 0 aromatic heterocycles. The molecule has 0 spiro atoms. The number of amidine groups is 1. The maximum atomic E-state index is 9.38. The van der Waals surface area contributed by atoms with E-state index in [1.807, 2.05) is 55.2 Å². The third kappa shape index (κ3) is 11.1. The molecule has 3 rings (SSSR count). The summed E-state index contributed by atoms with van der Waals surface area (Å²) < 4.78 is 0. The number of nitriles is 1. The van der Waals surface area contributed by atoms with Crippen LogP contribution in [-0.4, -0.2) is 42.0 Å². The van der Waals surface area contributed by atoms with Crippen molar-refractivity contribution in [2.75, 3.05) is 31.1 Å². The Morgan fingerprint density at radius 1 is 1.16 bits per heavy atom. The van der Waals surface area contributed by atoms with E-state index in [9.17, 15) is 5.11 Å². The van der Waals surface area contributed by atoms with Gasteiger partial charge < -0.3 is 14.9 Å². The summed E-state index contributed by atoms with van der Waals surface area (Å²) in [5.74, 6) is 0.699. The molecule has 1 saturated heterocycles. The summed E-state index contributed by atoms with van der Waals surface area (Å²) in [6.45, 7) is 14.5. The fourth-order valence-corrected chi connectivity index (χ4v) is 2.73. The van der Waals surface area contributed by atoms with Crippen molar-refractivity contribution in [3.05, 3.63) is 71.8 Å². The molecule has 0 saturated carbocycles. The first kappa shape index (κ1) is 28.0. The van der Waals surface area contributed by atoms with E-state index in [2.05, 4.69) is 24.5 Å². The summed E-state index contributed by atoms with van der Waals surface area (Å²) in [5, 5.41) is 26.8. The van der Waals surface area contributed by atoms with E-state index in [1.54, 1.807) is 19.1 Å². The number of hydrogen-bond acceptors (Lipinski definition) is 4. The Labute approximate surface area is 192 Å². The third-order valence-corrected chi connectivity index (χ3v) is 4.47. The number of hydrogen-bond donors (Lipinski definition) is 2. The maximum absolute atomic E-state index is 9.38. The third-order valence-electron chi connectivity index (χ3n) is 4.22. The van der Waals surface area contributed by atoms with Gasteiger partial charge >= 0.3 is 0 Å². The number of halogens is 1. The minimum Gasteiger partial charge on any atom is -0.508 e. The number of nitrogens with zero attached hydrogens (tertiary/aromatic N) is 3. The van der Waals surface area contributed by atoms with Crippen LogP contribution in [0.15, 0.2) is 61.2 Å². The molecule has 0 bridgehead atoms. The van der Waals surface area contributed by atoms with Crippen LogP contribution in [0, 0.1) is 16.7 Å². The largest absolute Gasteiger partial charge is 0.508 e. The molecule has 31 heavy (non-hydrogen) atoms. The number of rotatable bonds is 2. The normalized spacial score (nSPS) is 11.9. The smallest absolute Gasteiger partial charge is 0.117 e. The molecule has 0 unspecified atom stereocenters. The monoisotopic (exact) mass is 442 g/mol. The second kappa shape index (κ2) is 16.8. The maximum Gasteiger partial charge on any atom is 0.117 e. The van der Waals surface area contributed by atoms with E-state index in [0.717, 1.165) is 43.3 Å². The highest BCUT2D eigenvalue weighted by molar-refractivity contribution is 6.30. The van der Waals surface area contributed by atoms with Crippen molar-refractivity contribution in [3.8, 4) is 11.8 Å². The van der Waals surface area contributed by atoms with Crippen molar-refractivity contribution in [2.24, 2.45) is 0 Å². The number of benzene rings is 2. The van der Waals surface area contributed by atoms with E-state index in [1.165, 1.54) is 6.07 Å². The number of piperazine rings is 1. The number of phenols is 1. The summed E-state index contributed by atoms with van der Waals surface area (Å²) in [4.78, 5) is 4.14. The summed E-state index contributed by atoms with van der Waals surface area (Å²) in [6.07, 6.45) is 2.96. The van der Waals surface area contributed by atoms with Crippen molar-refractivity contribution in [1.29, 1.82) is 10.7 Å². The fraction of sp³-hybridized carbons (Fsp3) is 0.360. The van der Waals surface area contributed by atoms with Gasteiger partial charge in [0.15, 0.2) is 0 Å². The van der Waals surface area contributed by atoms with Gasteiger partial charge in [0, 0.05) is 31.2 Å². The first-order valence-electron chi connectivity index (χ1n) is 10.5. The molecule has 2 N–H and O–H groups in total. The SMILES string of the molecule is C=CCC.CC.CC(=N)N1CCN(c2ccc(O)cc2C#N)CC1.Clc1ccccc1. The molecule has 0 atom stereocenters. The number of nitrogens with one attached hydrogen (secondary N) is 1. The predicted molar refractivity (Wildman–Crippen MR) is 133 cm³/mol. The lowest BCUT2D eigenvalue weighted by atomic mass is 10.1. The highest BCUT2D eigenvalue weighted by Gasteiger charge is 2.19. The Morgan fingerprint density at radius 2 is 1.71 bits per heavy atom. The quantitative estimate of drug-likeness (QED) is 0.323. The predicted octanol–water partition coefficient (Wildman–Crippen LogP) is 6.33. The van der Waals surface area contributed by atoms with E-state index >= 15 is 0 Å². The molecule has 168 valence electrons. The molecule has 6 heteroatoms. The lowest BCUT2D eigenvalue weighted by Gasteiger charge is -2.37. The minimum absolute atomic E-state index is 0.115. The van der Waals surface area contributed by atoms with Crippen LogP contribution in [0.2, 0.25) is 5.02 Å². The highest BCUT2D eigenvalue weighted by Crippen LogP contribution is 2.25. The van der Waals surface area contributed by atoms with Crippen molar-refractivity contribution in [2.45, 2.75) is 34.1 Å². The first-order valence-corrected chi connectivity index (χ1v) is 10.9. The van der Waals surface area contributed by atoms with Gasteiger partial charge in [-0.1, -0.05) is 56.6 Å². The zero-order chi connectivity index (χ0) is 23.6. The van der Waals surface area contributed by atoms with Crippen LogP contribution in [0.3, 0.4) is 0 Å². The summed E-state index contributed by atoms with van der Waals surface area (Å²) in [7, 11) is 0. The van der Waals surface area contributed by atoms with Crippen LogP contribution in [0.4, 0.5) is 5.69 Å². The number of aromatic hydroxyl groups is 1. The van der Waals surface area contributed by atoms with Crippen LogP contribution >= 0.6 is 11.6 Å². The molecule has 5 nitrogen and oxygen atoms in total. The lowest BCUT2D eigenvalue weighted by molar-refractivity contribution is 0.381. The van der Waals surface area contributed by atoms with Crippen molar-refractivity contribution in [1.82, 2.24) is 4.90 Å². The minimum atomic E-state index is 0.115. The molecule has 0 aliphatic carbocycles.